The number of hydrogen-bond acceptors (Lipinski definition) is 2. The molecule has 0 aromatic carbocycles. The molecule has 0 aromatic rings. The van der Waals surface area contributed by atoms with Crippen LogP contribution >= 0.6 is 0 Å². The Hall–Kier alpha value is -0.910. The van der Waals surface area contributed by atoms with Crippen molar-refractivity contribution in [2.75, 3.05) is 19.7 Å². The van der Waals surface area contributed by atoms with E-state index in [1.165, 1.54) is 0 Å². The third-order valence-electron chi connectivity index (χ3n) is 2.50. The van der Waals surface area contributed by atoms with Crippen molar-refractivity contribution in [1.29, 1.82) is 0 Å². The zero-order valence-corrected chi connectivity index (χ0v) is 7.62. The van der Waals surface area contributed by atoms with E-state index in [0.717, 1.165) is 4.90 Å². The number of nitrogens with zero attached hydrogens (tertiary/aromatic N) is 1. The minimum atomic E-state index is -2.85. The van der Waals surface area contributed by atoms with Gasteiger partial charge in [0.15, 0.2) is 0 Å². The van der Waals surface area contributed by atoms with Gasteiger partial charge in [0.2, 0.25) is 0 Å². The Morgan fingerprint density at radius 2 is 2.21 bits per heavy atom. The fourth-order valence-corrected chi connectivity index (χ4v) is 1.61. The van der Waals surface area contributed by atoms with Crippen LogP contribution in [0.3, 0.4) is 0 Å². The highest BCUT2D eigenvalue weighted by molar-refractivity contribution is 5.65. The zero-order valence-electron chi connectivity index (χ0n) is 7.62. The van der Waals surface area contributed by atoms with Gasteiger partial charge in [-0.25, -0.2) is 13.6 Å². The summed E-state index contributed by atoms with van der Waals surface area (Å²) in [6.45, 7) is -0.666. The molecule has 1 unspecified atom stereocenters. The molecular weight excluding hydrogens is 196 g/mol. The number of amides is 1. The lowest BCUT2D eigenvalue weighted by molar-refractivity contribution is -0.106. The van der Waals surface area contributed by atoms with Crippen molar-refractivity contribution in [3.63, 3.8) is 0 Å². The molecule has 1 heterocycles. The van der Waals surface area contributed by atoms with Crippen LogP contribution in [0.15, 0.2) is 0 Å². The van der Waals surface area contributed by atoms with Gasteiger partial charge in [-0.05, 0) is 6.42 Å². The number of aliphatic hydroxyl groups excluding tert-OH is 1. The van der Waals surface area contributed by atoms with Gasteiger partial charge < -0.3 is 15.1 Å². The van der Waals surface area contributed by atoms with E-state index in [4.69, 9.17) is 10.2 Å². The van der Waals surface area contributed by atoms with E-state index in [-0.39, 0.29) is 26.1 Å². The molecule has 4 nitrogen and oxygen atoms in total. The van der Waals surface area contributed by atoms with Crippen molar-refractivity contribution < 1.29 is 23.8 Å². The SMILES string of the molecule is O=C(O)N1CCC(F)(F)C(CCO)C1. The van der Waals surface area contributed by atoms with Crippen molar-refractivity contribution >= 4 is 6.09 Å². The predicted molar refractivity (Wildman–Crippen MR) is 44.4 cm³/mol. The van der Waals surface area contributed by atoms with Gasteiger partial charge >= 0.3 is 6.09 Å². The maximum absolute atomic E-state index is 13.2. The molecule has 0 aliphatic carbocycles. The smallest absolute Gasteiger partial charge is 0.407 e. The molecule has 0 aromatic heterocycles. The largest absolute Gasteiger partial charge is 0.465 e. The second kappa shape index (κ2) is 4.08. The fourth-order valence-electron chi connectivity index (χ4n) is 1.61. The van der Waals surface area contributed by atoms with Crippen LogP contribution in [0.5, 0.6) is 0 Å². The quantitative estimate of drug-likeness (QED) is 0.713. The molecule has 1 atom stereocenters. The first kappa shape index (κ1) is 11.2. The summed E-state index contributed by atoms with van der Waals surface area (Å²) < 4.78 is 26.3. The monoisotopic (exact) mass is 209 g/mol. The van der Waals surface area contributed by atoms with Crippen LogP contribution in [-0.2, 0) is 0 Å². The van der Waals surface area contributed by atoms with E-state index >= 15 is 0 Å². The van der Waals surface area contributed by atoms with Crippen LogP contribution in [0.2, 0.25) is 0 Å². The first-order valence-corrected chi connectivity index (χ1v) is 4.44. The molecule has 1 fully saturated rings. The summed E-state index contributed by atoms with van der Waals surface area (Å²) >= 11 is 0. The number of alkyl halides is 2. The van der Waals surface area contributed by atoms with Crippen LogP contribution in [0, 0.1) is 5.92 Å². The third-order valence-corrected chi connectivity index (χ3v) is 2.50. The Kier molecular flexibility index (Phi) is 3.25. The molecule has 1 amide bonds. The number of hydrogen-bond donors (Lipinski definition) is 2. The van der Waals surface area contributed by atoms with E-state index in [1.807, 2.05) is 0 Å². The Labute approximate surface area is 80.1 Å². The minimum absolute atomic E-state index is 0.0588. The maximum atomic E-state index is 13.2. The summed E-state index contributed by atoms with van der Waals surface area (Å²) in [4.78, 5) is 11.5. The van der Waals surface area contributed by atoms with Gasteiger partial charge in [0, 0.05) is 32.0 Å². The summed E-state index contributed by atoms with van der Waals surface area (Å²) in [5.74, 6) is -3.91. The van der Waals surface area contributed by atoms with Gasteiger partial charge in [0.05, 0.1) is 0 Å². The zero-order chi connectivity index (χ0) is 10.8. The molecule has 14 heavy (non-hydrogen) atoms. The highest BCUT2D eigenvalue weighted by Gasteiger charge is 2.44. The number of aliphatic hydroxyl groups is 1. The fraction of sp³-hybridized carbons (Fsp3) is 0.875. The number of carboxylic acid groups (broad SMARTS) is 1. The molecule has 1 aliphatic heterocycles. The van der Waals surface area contributed by atoms with Crippen molar-refractivity contribution in [2.45, 2.75) is 18.8 Å². The van der Waals surface area contributed by atoms with Crippen molar-refractivity contribution in [1.82, 2.24) is 4.90 Å². The topological polar surface area (TPSA) is 60.8 Å². The minimum Gasteiger partial charge on any atom is -0.465 e. The van der Waals surface area contributed by atoms with Gasteiger partial charge in [0.25, 0.3) is 5.92 Å². The Bertz CT molecular complexity index is 223. The van der Waals surface area contributed by atoms with Gasteiger partial charge in [-0.2, -0.15) is 0 Å². The molecule has 0 radical (unpaired) electrons. The summed E-state index contributed by atoms with van der Waals surface area (Å²) in [5, 5.41) is 17.2. The van der Waals surface area contributed by atoms with Gasteiger partial charge in [-0.3, -0.25) is 0 Å². The lowest BCUT2D eigenvalue weighted by Gasteiger charge is -2.36. The molecule has 1 rings (SSSR count). The van der Waals surface area contributed by atoms with E-state index in [1.54, 1.807) is 0 Å². The second-order valence-electron chi connectivity index (χ2n) is 3.45. The first-order valence-electron chi connectivity index (χ1n) is 4.44. The van der Waals surface area contributed by atoms with Gasteiger partial charge in [-0.1, -0.05) is 0 Å². The van der Waals surface area contributed by atoms with Crippen molar-refractivity contribution in [3.05, 3.63) is 0 Å². The van der Waals surface area contributed by atoms with Gasteiger partial charge in [0.1, 0.15) is 0 Å². The summed E-state index contributed by atoms with van der Waals surface area (Å²) in [6.07, 6.45) is -1.69. The summed E-state index contributed by atoms with van der Waals surface area (Å²) in [7, 11) is 0. The lowest BCUT2D eigenvalue weighted by atomic mass is 9.91. The van der Waals surface area contributed by atoms with E-state index in [0.29, 0.717) is 0 Å². The van der Waals surface area contributed by atoms with E-state index < -0.39 is 24.4 Å². The lowest BCUT2D eigenvalue weighted by Crippen LogP contribution is -2.49. The third kappa shape index (κ3) is 2.31. The highest BCUT2D eigenvalue weighted by Crippen LogP contribution is 2.35. The summed E-state index contributed by atoms with van der Waals surface area (Å²) in [5.41, 5.74) is 0. The van der Waals surface area contributed by atoms with Crippen LogP contribution in [0.25, 0.3) is 0 Å². The molecule has 1 aliphatic rings. The van der Waals surface area contributed by atoms with Crippen LogP contribution in [0.1, 0.15) is 12.8 Å². The van der Waals surface area contributed by atoms with Crippen LogP contribution < -0.4 is 0 Å². The van der Waals surface area contributed by atoms with E-state index in [9.17, 15) is 13.6 Å². The molecule has 82 valence electrons. The van der Waals surface area contributed by atoms with Gasteiger partial charge in [-0.15, -0.1) is 0 Å². The highest BCUT2D eigenvalue weighted by atomic mass is 19.3. The molecule has 6 heteroatoms. The van der Waals surface area contributed by atoms with Crippen molar-refractivity contribution in [3.8, 4) is 0 Å². The molecular formula is C8H13F2NO3. The average molecular weight is 209 g/mol. The van der Waals surface area contributed by atoms with E-state index in [2.05, 4.69) is 0 Å². The Balaban J connectivity index is 2.62. The predicted octanol–water partition coefficient (Wildman–Crippen LogP) is 1.00. The average Bonchev–Trinajstić information content (AvgIpc) is 2.08. The number of piperidine rings is 1. The number of likely N-dealkylation sites (tertiary alicyclic amines) is 1. The molecule has 1 saturated heterocycles. The van der Waals surface area contributed by atoms with Crippen LogP contribution in [0.4, 0.5) is 13.6 Å². The maximum Gasteiger partial charge on any atom is 0.407 e. The standard InChI is InChI=1S/C8H13F2NO3/c9-8(10)2-3-11(7(13)14)5-6(8)1-4-12/h6,12H,1-5H2,(H,13,14). The normalized spacial score (nSPS) is 26.2. The molecule has 0 spiro atoms. The first-order chi connectivity index (χ1) is 6.47. The Morgan fingerprint density at radius 1 is 1.57 bits per heavy atom. The number of rotatable bonds is 2. The summed E-state index contributed by atoms with van der Waals surface area (Å²) in [6, 6.07) is 0. The number of carbonyl (C=O) groups is 1. The number of halogens is 2. The van der Waals surface area contributed by atoms with Crippen LogP contribution in [-0.4, -0.2) is 46.8 Å². The molecule has 0 saturated carbocycles. The molecule has 0 bridgehead atoms. The van der Waals surface area contributed by atoms with Crippen molar-refractivity contribution in [2.24, 2.45) is 5.92 Å². The second-order valence-corrected chi connectivity index (χ2v) is 3.45. The molecule has 2 N–H and O–H groups in total. The Morgan fingerprint density at radius 3 is 2.71 bits per heavy atom.